The zero-order valence-electron chi connectivity index (χ0n) is 15.5. The van der Waals surface area contributed by atoms with Crippen molar-refractivity contribution in [1.82, 2.24) is 5.32 Å². The van der Waals surface area contributed by atoms with E-state index in [0.29, 0.717) is 34.0 Å². The number of benzene rings is 1. The van der Waals surface area contributed by atoms with Crippen LogP contribution < -0.4 is 5.32 Å². The first-order valence-corrected chi connectivity index (χ1v) is 9.04. The first kappa shape index (κ1) is 20.0. The summed E-state index contributed by atoms with van der Waals surface area (Å²) in [5.74, 6) is -1.33. The van der Waals surface area contributed by atoms with E-state index in [4.69, 9.17) is 21.1 Å². The van der Waals surface area contributed by atoms with Gasteiger partial charge in [0.25, 0.3) is 0 Å². The van der Waals surface area contributed by atoms with Gasteiger partial charge in [0.2, 0.25) is 0 Å². The molecule has 1 N–H and O–H groups in total. The Labute approximate surface area is 159 Å². The van der Waals surface area contributed by atoms with Crippen molar-refractivity contribution in [2.24, 2.45) is 5.92 Å². The highest BCUT2D eigenvalue weighted by Gasteiger charge is 2.36. The summed E-state index contributed by atoms with van der Waals surface area (Å²) >= 11 is 6.10. The van der Waals surface area contributed by atoms with Crippen molar-refractivity contribution in [2.75, 3.05) is 13.2 Å². The number of halogens is 1. The SMILES string of the molecule is CCOC(=O)C1=C(C)NC(C)=C(C(=O)OCC)C1Cc1cccc(Cl)c1. The monoisotopic (exact) mass is 377 g/mol. The number of carbonyl (C=O) groups excluding carboxylic acids is 2. The Bertz CT molecular complexity index is 727. The second kappa shape index (κ2) is 8.90. The third-order valence-corrected chi connectivity index (χ3v) is 4.43. The van der Waals surface area contributed by atoms with Gasteiger partial charge in [-0.05, 0) is 51.8 Å². The van der Waals surface area contributed by atoms with Crippen LogP contribution in [0.5, 0.6) is 0 Å². The van der Waals surface area contributed by atoms with Gasteiger partial charge in [-0.3, -0.25) is 0 Å². The zero-order valence-corrected chi connectivity index (χ0v) is 16.3. The van der Waals surface area contributed by atoms with Crippen LogP contribution >= 0.6 is 11.6 Å². The Balaban J connectivity index is 2.50. The molecule has 140 valence electrons. The predicted octanol–water partition coefficient (Wildman–Crippen LogP) is 3.78. The van der Waals surface area contributed by atoms with Gasteiger partial charge in [0.15, 0.2) is 0 Å². The van der Waals surface area contributed by atoms with Gasteiger partial charge in [0.05, 0.1) is 24.4 Å². The van der Waals surface area contributed by atoms with Crippen LogP contribution in [-0.4, -0.2) is 25.2 Å². The van der Waals surface area contributed by atoms with E-state index in [-0.39, 0.29) is 13.2 Å². The van der Waals surface area contributed by atoms with Crippen LogP contribution in [0.15, 0.2) is 46.8 Å². The number of rotatable bonds is 6. The number of ether oxygens (including phenoxy) is 2. The fourth-order valence-corrected chi connectivity index (χ4v) is 3.41. The lowest BCUT2D eigenvalue weighted by Gasteiger charge is -2.30. The van der Waals surface area contributed by atoms with E-state index in [0.717, 1.165) is 5.56 Å². The summed E-state index contributed by atoms with van der Waals surface area (Å²) < 4.78 is 10.5. The Morgan fingerprint density at radius 1 is 1.04 bits per heavy atom. The highest BCUT2D eigenvalue weighted by atomic mass is 35.5. The molecule has 26 heavy (non-hydrogen) atoms. The molecule has 0 bridgehead atoms. The number of esters is 2. The highest BCUT2D eigenvalue weighted by molar-refractivity contribution is 6.30. The van der Waals surface area contributed by atoms with Gasteiger partial charge in [0, 0.05) is 22.3 Å². The molecular formula is C20H24ClNO4. The van der Waals surface area contributed by atoms with Crippen LogP contribution in [0.3, 0.4) is 0 Å². The average molecular weight is 378 g/mol. The van der Waals surface area contributed by atoms with Gasteiger partial charge in [-0.25, -0.2) is 9.59 Å². The molecular weight excluding hydrogens is 354 g/mol. The molecule has 0 unspecified atom stereocenters. The van der Waals surface area contributed by atoms with Gasteiger partial charge < -0.3 is 14.8 Å². The van der Waals surface area contributed by atoms with Gasteiger partial charge in [-0.2, -0.15) is 0 Å². The summed E-state index contributed by atoms with van der Waals surface area (Å²) in [7, 11) is 0. The molecule has 0 aliphatic carbocycles. The van der Waals surface area contributed by atoms with E-state index in [9.17, 15) is 9.59 Å². The van der Waals surface area contributed by atoms with E-state index in [2.05, 4.69) is 5.32 Å². The molecule has 1 aromatic carbocycles. The topological polar surface area (TPSA) is 64.6 Å². The quantitative estimate of drug-likeness (QED) is 0.764. The molecule has 0 radical (unpaired) electrons. The van der Waals surface area contributed by atoms with Gasteiger partial charge in [-0.15, -0.1) is 0 Å². The van der Waals surface area contributed by atoms with E-state index in [1.165, 1.54) is 0 Å². The highest BCUT2D eigenvalue weighted by Crippen LogP contribution is 2.34. The molecule has 2 rings (SSSR count). The van der Waals surface area contributed by atoms with Crippen molar-refractivity contribution < 1.29 is 19.1 Å². The molecule has 0 fully saturated rings. The van der Waals surface area contributed by atoms with Crippen molar-refractivity contribution in [3.05, 3.63) is 57.4 Å². The number of allylic oxidation sites excluding steroid dienone is 2. The van der Waals surface area contributed by atoms with Crippen LogP contribution in [0.1, 0.15) is 33.3 Å². The maximum absolute atomic E-state index is 12.6. The molecule has 1 aliphatic heterocycles. The minimum atomic E-state index is -0.465. The fourth-order valence-electron chi connectivity index (χ4n) is 3.20. The fraction of sp³-hybridized carbons (Fsp3) is 0.400. The summed E-state index contributed by atoms with van der Waals surface area (Å²) in [5.41, 5.74) is 3.18. The minimum absolute atomic E-state index is 0.261. The van der Waals surface area contributed by atoms with Gasteiger partial charge in [-0.1, -0.05) is 23.7 Å². The average Bonchev–Trinajstić information content (AvgIpc) is 2.55. The van der Waals surface area contributed by atoms with Crippen LogP contribution in [0.2, 0.25) is 5.02 Å². The lowest BCUT2D eigenvalue weighted by atomic mass is 9.81. The summed E-state index contributed by atoms with van der Waals surface area (Å²) in [6, 6.07) is 7.39. The van der Waals surface area contributed by atoms with Crippen LogP contribution in [0.4, 0.5) is 0 Å². The van der Waals surface area contributed by atoms with E-state index < -0.39 is 17.9 Å². The Morgan fingerprint density at radius 3 is 2.04 bits per heavy atom. The van der Waals surface area contributed by atoms with Gasteiger partial charge in [0.1, 0.15) is 0 Å². The second-order valence-corrected chi connectivity index (χ2v) is 6.47. The first-order chi connectivity index (χ1) is 12.4. The largest absolute Gasteiger partial charge is 0.463 e. The van der Waals surface area contributed by atoms with Crippen LogP contribution in [-0.2, 0) is 25.5 Å². The van der Waals surface area contributed by atoms with Crippen molar-refractivity contribution in [3.63, 3.8) is 0 Å². The summed E-state index contributed by atoms with van der Waals surface area (Å²) in [4.78, 5) is 25.2. The van der Waals surface area contributed by atoms with Gasteiger partial charge >= 0.3 is 11.9 Å². The molecule has 1 aromatic rings. The molecule has 0 amide bonds. The summed E-state index contributed by atoms with van der Waals surface area (Å²) in [6.07, 6.45) is 0.444. The van der Waals surface area contributed by atoms with Crippen molar-refractivity contribution >= 4 is 23.5 Å². The smallest absolute Gasteiger partial charge is 0.336 e. The molecule has 5 nitrogen and oxygen atoms in total. The zero-order chi connectivity index (χ0) is 19.3. The number of carbonyl (C=O) groups is 2. The Morgan fingerprint density at radius 2 is 1.58 bits per heavy atom. The molecule has 1 aliphatic rings. The number of dihydropyridines is 1. The lowest BCUT2D eigenvalue weighted by molar-refractivity contribution is -0.140. The molecule has 6 heteroatoms. The number of hydrogen-bond donors (Lipinski definition) is 1. The number of nitrogens with one attached hydrogen (secondary N) is 1. The molecule has 0 atom stereocenters. The third-order valence-electron chi connectivity index (χ3n) is 4.20. The minimum Gasteiger partial charge on any atom is -0.463 e. The number of hydrogen-bond acceptors (Lipinski definition) is 5. The Hall–Kier alpha value is -2.27. The summed E-state index contributed by atoms with van der Waals surface area (Å²) in [5, 5.41) is 3.72. The summed E-state index contributed by atoms with van der Waals surface area (Å²) in [6.45, 7) is 7.64. The van der Waals surface area contributed by atoms with Crippen molar-refractivity contribution in [2.45, 2.75) is 34.1 Å². The maximum Gasteiger partial charge on any atom is 0.336 e. The second-order valence-electron chi connectivity index (χ2n) is 6.03. The Kier molecular flexibility index (Phi) is 6.86. The van der Waals surface area contributed by atoms with Crippen molar-refractivity contribution in [3.8, 4) is 0 Å². The van der Waals surface area contributed by atoms with Crippen LogP contribution in [0.25, 0.3) is 0 Å². The predicted molar refractivity (Wildman–Crippen MR) is 100 cm³/mol. The lowest BCUT2D eigenvalue weighted by Crippen LogP contribution is -2.34. The molecule has 0 aromatic heterocycles. The third kappa shape index (κ3) is 4.47. The van der Waals surface area contributed by atoms with Crippen LogP contribution in [0, 0.1) is 5.92 Å². The van der Waals surface area contributed by atoms with E-state index in [1.54, 1.807) is 19.9 Å². The molecule has 0 saturated carbocycles. The molecule has 0 saturated heterocycles. The normalized spacial score (nSPS) is 15.0. The van der Waals surface area contributed by atoms with Crippen molar-refractivity contribution in [1.29, 1.82) is 0 Å². The standard InChI is InChI=1S/C20H24ClNO4/c1-5-25-19(23)17-12(3)22-13(4)18(20(24)26-6-2)16(17)11-14-8-7-9-15(21)10-14/h7-10,16,22H,5-6,11H2,1-4H3. The molecule has 1 heterocycles. The van der Waals surface area contributed by atoms with E-state index >= 15 is 0 Å². The maximum atomic E-state index is 12.6. The first-order valence-electron chi connectivity index (χ1n) is 8.66. The van der Waals surface area contributed by atoms with E-state index in [1.807, 2.05) is 32.0 Å². The molecule has 0 spiro atoms.